The van der Waals surface area contributed by atoms with Gasteiger partial charge in [-0.2, -0.15) is 0 Å². The molecule has 2 N–H and O–H groups in total. The van der Waals surface area contributed by atoms with Crippen LogP contribution in [0.15, 0.2) is 40.9 Å². The van der Waals surface area contributed by atoms with Gasteiger partial charge in [0, 0.05) is 10.5 Å². The summed E-state index contributed by atoms with van der Waals surface area (Å²) in [7, 11) is 0. The maximum absolute atomic E-state index is 13.8. The van der Waals surface area contributed by atoms with Gasteiger partial charge < -0.3 is 5.73 Å². The molecular formula is C14H11BrClF2N. The summed E-state index contributed by atoms with van der Waals surface area (Å²) in [6.45, 7) is 0. The Morgan fingerprint density at radius 2 is 1.95 bits per heavy atom. The number of benzene rings is 2. The standard InChI is InChI=1S/C14H11BrClF2N/c15-11-7-9(17)4-5-10(11)13(19)6-8-2-1-3-12(16)14(8)18/h1-5,7,13H,6,19H2. The van der Waals surface area contributed by atoms with Gasteiger partial charge in [0.2, 0.25) is 0 Å². The normalized spacial score (nSPS) is 12.5. The van der Waals surface area contributed by atoms with Gasteiger partial charge in [0.1, 0.15) is 11.6 Å². The van der Waals surface area contributed by atoms with E-state index in [9.17, 15) is 8.78 Å². The lowest BCUT2D eigenvalue weighted by atomic mass is 9.99. The molecule has 0 saturated carbocycles. The van der Waals surface area contributed by atoms with Crippen LogP contribution < -0.4 is 5.73 Å². The van der Waals surface area contributed by atoms with Crippen LogP contribution in [0.2, 0.25) is 5.02 Å². The van der Waals surface area contributed by atoms with Crippen molar-refractivity contribution in [2.75, 3.05) is 0 Å². The molecule has 0 spiro atoms. The van der Waals surface area contributed by atoms with E-state index in [4.69, 9.17) is 17.3 Å². The summed E-state index contributed by atoms with van der Waals surface area (Å²) in [6.07, 6.45) is 0.288. The topological polar surface area (TPSA) is 26.0 Å². The Bertz CT molecular complexity index is 604. The van der Waals surface area contributed by atoms with E-state index >= 15 is 0 Å². The molecule has 19 heavy (non-hydrogen) atoms. The second-order valence-electron chi connectivity index (χ2n) is 4.19. The molecule has 0 aliphatic rings. The van der Waals surface area contributed by atoms with Gasteiger partial charge in [-0.3, -0.25) is 0 Å². The minimum absolute atomic E-state index is 0.0721. The Balaban J connectivity index is 2.25. The van der Waals surface area contributed by atoms with Crippen LogP contribution in [0.1, 0.15) is 17.2 Å². The molecule has 100 valence electrons. The van der Waals surface area contributed by atoms with Crippen molar-refractivity contribution in [3.05, 3.63) is 68.7 Å². The second kappa shape index (κ2) is 5.99. The minimum atomic E-state index is -0.460. The molecule has 0 aromatic heterocycles. The zero-order chi connectivity index (χ0) is 14.0. The Kier molecular flexibility index (Phi) is 4.55. The van der Waals surface area contributed by atoms with Gasteiger partial charge in [0.05, 0.1) is 5.02 Å². The van der Waals surface area contributed by atoms with Gasteiger partial charge >= 0.3 is 0 Å². The minimum Gasteiger partial charge on any atom is -0.324 e. The first-order valence-corrected chi connectivity index (χ1v) is 6.79. The third kappa shape index (κ3) is 3.32. The molecule has 0 aliphatic carbocycles. The van der Waals surface area contributed by atoms with Gasteiger partial charge in [0.25, 0.3) is 0 Å². The fourth-order valence-corrected chi connectivity index (χ4v) is 2.69. The highest BCUT2D eigenvalue weighted by atomic mass is 79.9. The van der Waals surface area contributed by atoms with Crippen LogP contribution in [-0.4, -0.2) is 0 Å². The molecule has 1 nitrogen and oxygen atoms in total. The largest absolute Gasteiger partial charge is 0.324 e. The van der Waals surface area contributed by atoms with Gasteiger partial charge in [-0.05, 0) is 35.7 Å². The van der Waals surface area contributed by atoms with Crippen LogP contribution in [0.5, 0.6) is 0 Å². The summed E-state index contributed by atoms with van der Waals surface area (Å²) in [4.78, 5) is 0. The van der Waals surface area contributed by atoms with Crippen LogP contribution in [0.3, 0.4) is 0 Å². The van der Waals surface area contributed by atoms with Crippen molar-refractivity contribution in [2.45, 2.75) is 12.5 Å². The molecule has 1 atom stereocenters. The molecule has 1 unspecified atom stereocenters. The first kappa shape index (κ1) is 14.4. The Hall–Kier alpha value is -0.970. The van der Waals surface area contributed by atoms with Crippen molar-refractivity contribution in [2.24, 2.45) is 5.73 Å². The Morgan fingerprint density at radius 1 is 1.21 bits per heavy atom. The molecule has 2 aromatic carbocycles. The first-order valence-electron chi connectivity index (χ1n) is 5.62. The van der Waals surface area contributed by atoms with E-state index in [-0.39, 0.29) is 17.3 Å². The highest BCUT2D eigenvalue weighted by molar-refractivity contribution is 9.10. The third-order valence-electron chi connectivity index (χ3n) is 2.83. The van der Waals surface area contributed by atoms with Crippen molar-refractivity contribution >= 4 is 27.5 Å². The molecule has 5 heteroatoms. The van der Waals surface area contributed by atoms with E-state index in [0.29, 0.717) is 10.0 Å². The number of nitrogens with two attached hydrogens (primary N) is 1. The summed E-state index contributed by atoms with van der Waals surface area (Å²) in [6, 6.07) is 8.61. The smallest absolute Gasteiger partial charge is 0.145 e. The highest BCUT2D eigenvalue weighted by Gasteiger charge is 2.14. The molecule has 0 radical (unpaired) electrons. The Labute approximate surface area is 123 Å². The maximum atomic E-state index is 13.8. The molecule has 2 rings (SSSR count). The number of hydrogen-bond donors (Lipinski definition) is 1. The molecule has 2 aromatic rings. The van der Waals surface area contributed by atoms with Crippen molar-refractivity contribution in [3.8, 4) is 0 Å². The molecule has 0 bridgehead atoms. The zero-order valence-corrected chi connectivity index (χ0v) is 12.2. The fourth-order valence-electron chi connectivity index (χ4n) is 1.86. The fraction of sp³-hybridized carbons (Fsp3) is 0.143. The average molecular weight is 347 g/mol. The van der Waals surface area contributed by atoms with E-state index in [1.165, 1.54) is 18.2 Å². The highest BCUT2D eigenvalue weighted by Crippen LogP contribution is 2.27. The second-order valence-corrected chi connectivity index (χ2v) is 5.45. The van der Waals surface area contributed by atoms with Crippen LogP contribution >= 0.6 is 27.5 Å². The molecule has 0 heterocycles. The number of rotatable bonds is 3. The van der Waals surface area contributed by atoms with Crippen LogP contribution in [-0.2, 0) is 6.42 Å². The summed E-state index contributed by atoms with van der Waals surface area (Å²) in [5.74, 6) is -0.811. The average Bonchev–Trinajstić information content (AvgIpc) is 2.34. The lowest BCUT2D eigenvalue weighted by Gasteiger charge is -2.15. The van der Waals surface area contributed by atoms with E-state index in [0.717, 1.165) is 5.56 Å². The summed E-state index contributed by atoms with van der Waals surface area (Å²) in [5, 5.41) is 0.0721. The van der Waals surface area contributed by atoms with Gasteiger partial charge in [0.15, 0.2) is 0 Å². The van der Waals surface area contributed by atoms with Gasteiger partial charge in [-0.1, -0.05) is 45.7 Å². The molecule has 0 amide bonds. The van der Waals surface area contributed by atoms with Gasteiger partial charge in [-0.25, -0.2) is 8.78 Å². The van der Waals surface area contributed by atoms with Crippen molar-refractivity contribution in [3.63, 3.8) is 0 Å². The Morgan fingerprint density at radius 3 is 2.63 bits per heavy atom. The molecule has 0 aliphatic heterocycles. The van der Waals surface area contributed by atoms with Crippen molar-refractivity contribution < 1.29 is 8.78 Å². The first-order chi connectivity index (χ1) is 8.99. The lowest BCUT2D eigenvalue weighted by Crippen LogP contribution is -2.15. The third-order valence-corrected chi connectivity index (χ3v) is 3.81. The van der Waals surface area contributed by atoms with E-state index in [1.54, 1.807) is 18.2 Å². The summed E-state index contributed by atoms with van der Waals surface area (Å²) < 4.78 is 27.4. The van der Waals surface area contributed by atoms with E-state index < -0.39 is 11.9 Å². The monoisotopic (exact) mass is 345 g/mol. The molecule has 0 saturated heterocycles. The SMILES string of the molecule is NC(Cc1cccc(Cl)c1F)c1ccc(F)cc1Br. The van der Waals surface area contributed by atoms with Crippen molar-refractivity contribution in [1.29, 1.82) is 0 Å². The van der Waals surface area contributed by atoms with Gasteiger partial charge in [-0.15, -0.1) is 0 Å². The molecular weight excluding hydrogens is 336 g/mol. The van der Waals surface area contributed by atoms with E-state index in [2.05, 4.69) is 15.9 Å². The number of hydrogen-bond acceptors (Lipinski definition) is 1. The van der Waals surface area contributed by atoms with Crippen LogP contribution in [0, 0.1) is 11.6 Å². The van der Waals surface area contributed by atoms with Crippen LogP contribution in [0.25, 0.3) is 0 Å². The van der Waals surface area contributed by atoms with Crippen molar-refractivity contribution in [1.82, 2.24) is 0 Å². The predicted molar refractivity (Wildman–Crippen MR) is 76.1 cm³/mol. The zero-order valence-electron chi connectivity index (χ0n) is 9.84. The maximum Gasteiger partial charge on any atom is 0.145 e. The van der Waals surface area contributed by atoms with Crippen LogP contribution in [0.4, 0.5) is 8.78 Å². The molecule has 0 fully saturated rings. The quantitative estimate of drug-likeness (QED) is 0.862. The van der Waals surface area contributed by atoms with E-state index in [1.807, 2.05) is 0 Å². The predicted octanol–water partition coefficient (Wildman–Crippen LogP) is 4.62. The summed E-state index contributed by atoms with van der Waals surface area (Å²) in [5.41, 5.74) is 7.20. The summed E-state index contributed by atoms with van der Waals surface area (Å²) >= 11 is 8.97. The lowest BCUT2D eigenvalue weighted by molar-refractivity contribution is 0.591. The number of halogens is 4.